The highest BCUT2D eigenvalue weighted by atomic mass is 35.5. The number of halogens is 2. The van der Waals surface area contributed by atoms with E-state index in [9.17, 15) is 4.79 Å². The molecule has 4 heteroatoms. The first-order chi connectivity index (χ1) is 7.95. The van der Waals surface area contributed by atoms with E-state index in [1.54, 1.807) is 18.2 Å². The molecule has 92 valence electrons. The van der Waals surface area contributed by atoms with Crippen LogP contribution >= 0.6 is 23.2 Å². The van der Waals surface area contributed by atoms with Crippen molar-refractivity contribution in [3.05, 3.63) is 28.2 Å². The average molecular weight is 273 g/mol. The van der Waals surface area contributed by atoms with Crippen molar-refractivity contribution < 1.29 is 9.53 Å². The number of ether oxygens (including phenoxy) is 1. The van der Waals surface area contributed by atoms with Crippen molar-refractivity contribution in [1.29, 1.82) is 0 Å². The lowest BCUT2D eigenvalue weighted by atomic mass is 9.64. The molecule has 1 fully saturated rings. The Balaban J connectivity index is 2.14. The highest BCUT2D eigenvalue weighted by molar-refractivity contribution is 6.34. The summed E-state index contributed by atoms with van der Waals surface area (Å²) in [7, 11) is 0. The van der Waals surface area contributed by atoms with Crippen molar-refractivity contribution in [1.82, 2.24) is 0 Å². The Labute approximate surface area is 111 Å². The lowest BCUT2D eigenvalue weighted by Crippen LogP contribution is -2.54. The third-order valence-corrected chi connectivity index (χ3v) is 4.00. The van der Waals surface area contributed by atoms with Gasteiger partial charge in [0.25, 0.3) is 0 Å². The molecule has 1 aromatic rings. The number of hydrogen-bond acceptors (Lipinski definition) is 2. The minimum atomic E-state index is -0.366. The van der Waals surface area contributed by atoms with Crippen LogP contribution in [0.5, 0.6) is 5.75 Å². The number of carbonyl (C=O) groups excluding carboxylic acids is 1. The Morgan fingerprint density at radius 1 is 1.35 bits per heavy atom. The fourth-order valence-corrected chi connectivity index (χ4v) is 2.54. The van der Waals surface area contributed by atoms with Gasteiger partial charge in [0.1, 0.15) is 17.6 Å². The Kier molecular flexibility index (Phi) is 3.37. The van der Waals surface area contributed by atoms with Crippen molar-refractivity contribution in [2.45, 2.75) is 32.8 Å². The quantitative estimate of drug-likeness (QED) is 0.827. The lowest BCUT2D eigenvalue weighted by Gasteiger charge is -2.44. The Morgan fingerprint density at radius 3 is 2.41 bits per heavy atom. The molecule has 0 N–H and O–H groups in total. The summed E-state index contributed by atoms with van der Waals surface area (Å²) in [6.07, 6.45) is 1.17. The van der Waals surface area contributed by atoms with E-state index in [4.69, 9.17) is 27.9 Å². The fourth-order valence-electron chi connectivity index (χ4n) is 2.03. The van der Waals surface area contributed by atoms with Crippen molar-refractivity contribution in [3.8, 4) is 5.75 Å². The summed E-state index contributed by atoms with van der Waals surface area (Å²) in [6, 6.07) is 5.08. The Morgan fingerprint density at radius 2 is 1.94 bits per heavy atom. The molecule has 1 aromatic carbocycles. The lowest BCUT2D eigenvalue weighted by molar-refractivity contribution is -0.150. The van der Waals surface area contributed by atoms with Crippen LogP contribution in [0, 0.1) is 5.41 Å². The first-order valence-corrected chi connectivity index (χ1v) is 6.37. The number of ketones is 1. The first kappa shape index (κ1) is 12.7. The number of rotatable bonds is 3. The van der Waals surface area contributed by atoms with Crippen LogP contribution in [0.25, 0.3) is 0 Å². The smallest absolute Gasteiger partial charge is 0.146 e. The number of hydrogen-bond donors (Lipinski definition) is 0. The van der Waals surface area contributed by atoms with E-state index in [0.717, 1.165) is 6.42 Å². The van der Waals surface area contributed by atoms with Crippen LogP contribution in [-0.4, -0.2) is 11.9 Å². The van der Waals surface area contributed by atoms with E-state index in [0.29, 0.717) is 22.2 Å². The van der Waals surface area contributed by atoms with Gasteiger partial charge in [-0.1, -0.05) is 30.1 Å². The van der Waals surface area contributed by atoms with Gasteiger partial charge in [-0.25, -0.2) is 0 Å². The molecule has 17 heavy (non-hydrogen) atoms. The van der Waals surface area contributed by atoms with E-state index in [-0.39, 0.29) is 17.3 Å². The first-order valence-electron chi connectivity index (χ1n) is 5.62. The molecule has 1 saturated carbocycles. The van der Waals surface area contributed by atoms with Crippen molar-refractivity contribution in [3.63, 3.8) is 0 Å². The van der Waals surface area contributed by atoms with E-state index < -0.39 is 0 Å². The minimum Gasteiger partial charge on any atom is -0.489 e. The van der Waals surface area contributed by atoms with Gasteiger partial charge in [-0.3, -0.25) is 4.79 Å². The maximum Gasteiger partial charge on any atom is 0.146 e. The van der Waals surface area contributed by atoms with Gasteiger partial charge in [0, 0.05) is 16.5 Å². The highest BCUT2D eigenvalue weighted by Crippen LogP contribution is 2.43. The predicted octanol–water partition coefficient (Wildman–Crippen LogP) is 4.13. The van der Waals surface area contributed by atoms with Gasteiger partial charge >= 0.3 is 0 Å². The van der Waals surface area contributed by atoms with Crippen LogP contribution in [0.4, 0.5) is 0 Å². The molecule has 0 bridgehead atoms. The molecule has 0 aromatic heterocycles. The van der Waals surface area contributed by atoms with E-state index in [1.807, 2.05) is 13.8 Å². The van der Waals surface area contributed by atoms with Gasteiger partial charge in [-0.2, -0.15) is 0 Å². The molecule has 0 heterocycles. The van der Waals surface area contributed by atoms with Crippen molar-refractivity contribution in [2.24, 2.45) is 5.41 Å². The number of Topliss-reactive ketones (excluding diaryl/α,β-unsaturated/α-hetero) is 1. The molecule has 2 nitrogen and oxygen atoms in total. The SMILES string of the molecule is CCC1(C)C(=O)CC1Oc1cc(Cl)cc(Cl)c1. The van der Waals surface area contributed by atoms with Gasteiger partial charge in [0.05, 0.1) is 5.41 Å². The molecule has 0 saturated heterocycles. The van der Waals surface area contributed by atoms with Gasteiger partial charge in [-0.15, -0.1) is 0 Å². The van der Waals surface area contributed by atoms with Crippen LogP contribution in [0.15, 0.2) is 18.2 Å². The second kappa shape index (κ2) is 4.51. The third kappa shape index (κ3) is 2.29. The molecule has 0 aliphatic heterocycles. The zero-order valence-electron chi connectivity index (χ0n) is 9.80. The second-order valence-electron chi connectivity index (χ2n) is 4.61. The fraction of sp³-hybridized carbons (Fsp3) is 0.462. The van der Waals surface area contributed by atoms with Crippen LogP contribution in [0.1, 0.15) is 26.7 Å². The maximum atomic E-state index is 11.6. The molecule has 0 amide bonds. The predicted molar refractivity (Wildman–Crippen MR) is 68.9 cm³/mol. The molecule has 0 radical (unpaired) electrons. The summed E-state index contributed by atoms with van der Waals surface area (Å²) in [5.41, 5.74) is -0.366. The van der Waals surface area contributed by atoms with E-state index in [1.165, 1.54) is 0 Å². The molecule has 2 rings (SSSR count). The molecule has 2 unspecified atom stereocenters. The second-order valence-corrected chi connectivity index (χ2v) is 5.48. The van der Waals surface area contributed by atoms with Gasteiger partial charge < -0.3 is 4.74 Å². The molecule has 0 spiro atoms. The number of benzene rings is 1. The molecule has 2 atom stereocenters. The zero-order chi connectivity index (χ0) is 12.6. The Bertz CT molecular complexity index is 438. The summed E-state index contributed by atoms with van der Waals surface area (Å²) in [5, 5.41) is 1.08. The van der Waals surface area contributed by atoms with Gasteiger partial charge in [0.15, 0.2) is 0 Å². The highest BCUT2D eigenvalue weighted by Gasteiger charge is 2.51. The normalized spacial score (nSPS) is 27.8. The monoisotopic (exact) mass is 272 g/mol. The average Bonchev–Trinajstić information content (AvgIpc) is 2.26. The van der Waals surface area contributed by atoms with Crippen molar-refractivity contribution in [2.75, 3.05) is 0 Å². The standard InChI is InChI=1S/C13H14Cl2O2/c1-3-13(2)11(16)7-12(13)17-10-5-8(14)4-9(15)6-10/h4-6,12H,3,7H2,1-2H3. The zero-order valence-corrected chi connectivity index (χ0v) is 11.3. The summed E-state index contributed by atoms with van der Waals surface area (Å²) in [5.74, 6) is 0.887. The van der Waals surface area contributed by atoms with E-state index >= 15 is 0 Å². The number of carbonyl (C=O) groups is 1. The molecule has 1 aliphatic carbocycles. The summed E-state index contributed by atoms with van der Waals surface area (Å²) >= 11 is 11.8. The molecular formula is C13H14Cl2O2. The van der Waals surface area contributed by atoms with Gasteiger partial charge in [-0.05, 0) is 31.5 Å². The van der Waals surface area contributed by atoms with Crippen LogP contribution in [0.2, 0.25) is 10.0 Å². The largest absolute Gasteiger partial charge is 0.489 e. The minimum absolute atomic E-state index is 0.0745. The third-order valence-electron chi connectivity index (χ3n) is 3.57. The summed E-state index contributed by atoms with van der Waals surface area (Å²) in [6.45, 7) is 3.94. The van der Waals surface area contributed by atoms with Crippen molar-refractivity contribution >= 4 is 29.0 Å². The molecule has 1 aliphatic rings. The summed E-state index contributed by atoms with van der Waals surface area (Å²) in [4.78, 5) is 11.6. The van der Waals surface area contributed by atoms with Crippen LogP contribution < -0.4 is 4.74 Å². The van der Waals surface area contributed by atoms with Gasteiger partial charge in [0.2, 0.25) is 0 Å². The van der Waals surface area contributed by atoms with Crippen LogP contribution in [-0.2, 0) is 4.79 Å². The molecular weight excluding hydrogens is 259 g/mol. The maximum absolute atomic E-state index is 11.6. The Hall–Kier alpha value is -0.730. The summed E-state index contributed by atoms with van der Waals surface area (Å²) < 4.78 is 5.80. The van der Waals surface area contributed by atoms with E-state index in [2.05, 4.69) is 0 Å². The topological polar surface area (TPSA) is 26.3 Å². The van der Waals surface area contributed by atoms with Crippen LogP contribution in [0.3, 0.4) is 0 Å².